The third-order valence-electron chi connectivity index (χ3n) is 2.56. The Balaban J connectivity index is 2.43. The fourth-order valence-corrected chi connectivity index (χ4v) is 1.01. The van der Waals surface area contributed by atoms with Crippen molar-refractivity contribution in [1.29, 1.82) is 0 Å². The fourth-order valence-electron chi connectivity index (χ4n) is 1.01. The van der Waals surface area contributed by atoms with Gasteiger partial charge in [0, 0.05) is 0 Å². The van der Waals surface area contributed by atoms with Gasteiger partial charge >= 0.3 is 0 Å². The summed E-state index contributed by atoms with van der Waals surface area (Å²) in [6, 6.07) is 0. The van der Waals surface area contributed by atoms with Gasteiger partial charge in [-0.3, -0.25) is 0 Å². The molecule has 0 bridgehead atoms. The molecule has 0 aromatic rings. The lowest BCUT2D eigenvalue weighted by molar-refractivity contribution is 0.0892. The molecule has 1 fully saturated rings. The van der Waals surface area contributed by atoms with Gasteiger partial charge in [-0.2, -0.15) is 0 Å². The molecule has 0 nitrogen and oxygen atoms in total. The lowest BCUT2D eigenvalue weighted by Gasteiger charge is -2.42. The Bertz CT molecular complexity index is 72.1. The van der Waals surface area contributed by atoms with E-state index in [0.29, 0.717) is 5.41 Å². The van der Waals surface area contributed by atoms with Gasteiger partial charge in [-0.15, -0.1) is 0 Å². The van der Waals surface area contributed by atoms with Crippen LogP contribution in [0.4, 0.5) is 0 Å². The average Bonchev–Trinajstić information content (AvgIpc) is 1.63. The molecular formula is C7H14. The largest absolute Gasteiger partial charge is 0.0620 e. The summed E-state index contributed by atoms with van der Waals surface area (Å²) in [6.45, 7) is 7.03. The van der Waals surface area contributed by atoms with E-state index < -0.39 is 0 Å². The quantitative estimate of drug-likeness (QED) is 0.436. The highest BCUT2D eigenvalue weighted by Crippen LogP contribution is 2.45. The van der Waals surface area contributed by atoms with Crippen molar-refractivity contribution >= 4 is 0 Å². The number of hydrogen-bond acceptors (Lipinski definition) is 0. The summed E-state index contributed by atoms with van der Waals surface area (Å²) in [4.78, 5) is 0. The van der Waals surface area contributed by atoms with Crippen LogP contribution in [0.3, 0.4) is 0 Å². The maximum atomic E-state index is 2.35. The van der Waals surface area contributed by atoms with Gasteiger partial charge in [-0.1, -0.05) is 20.8 Å². The van der Waals surface area contributed by atoms with Gasteiger partial charge < -0.3 is 0 Å². The molecule has 42 valence electrons. The van der Waals surface area contributed by atoms with Crippen molar-refractivity contribution in [1.82, 2.24) is 0 Å². The van der Waals surface area contributed by atoms with E-state index in [9.17, 15) is 0 Å². The minimum absolute atomic E-state index is 0.681. The van der Waals surface area contributed by atoms with Crippen molar-refractivity contribution in [2.24, 2.45) is 11.3 Å². The van der Waals surface area contributed by atoms with Crippen LogP contribution in [-0.2, 0) is 0 Å². The average molecular weight is 98.2 g/mol. The zero-order valence-electron chi connectivity index (χ0n) is 5.49. The van der Waals surface area contributed by atoms with Crippen molar-refractivity contribution in [3.63, 3.8) is 0 Å². The zero-order chi connectivity index (χ0) is 5.49. The second-order valence-electron chi connectivity index (χ2n) is 3.43. The van der Waals surface area contributed by atoms with Gasteiger partial charge in [0.15, 0.2) is 0 Å². The van der Waals surface area contributed by atoms with Crippen LogP contribution in [0.25, 0.3) is 0 Å². The fraction of sp³-hybridized carbons (Fsp3) is 1.00. The predicted octanol–water partition coefficient (Wildman–Crippen LogP) is 2.44. The van der Waals surface area contributed by atoms with Gasteiger partial charge in [0.1, 0.15) is 0 Å². The standard InChI is InChI=1S/C7H14/c1-6-4-5-7(6,2)3/h6H,4-5H2,1-3H3/t6-/m0/s1. The van der Waals surface area contributed by atoms with E-state index in [1.165, 1.54) is 12.8 Å². The molecule has 7 heavy (non-hydrogen) atoms. The van der Waals surface area contributed by atoms with E-state index in [2.05, 4.69) is 20.8 Å². The summed E-state index contributed by atoms with van der Waals surface area (Å²) in [5.41, 5.74) is 0.681. The summed E-state index contributed by atoms with van der Waals surface area (Å²) in [6.07, 6.45) is 2.89. The molecule has 0 heteroatoms. The molecule has 0 aliphatic heterocycles. The predicted molar refractivity (Wildman–Crippen MR) is 32.2 cm³/mol. The maximum Gasteiger partial charge on any atom is -0.0328 e. The van der Waals surface area contributed by atoms with Gasteiger partial charge in [0.25, 0.3) is 0 Å². The highest BCUT2D eigenvalue weighted by atomic mass is 14.4. The van der Waals surface area contributed by atoms with Crippen LogP contribution in [0, 0.1) is 11.3 Å². The lowest BCUT2D eigenvalue weighted by Crippen LogP contribution is -2.31. The number of rotatable bonds is 0. The van der Waals surface area contributed by atoms with E-state index in [1.807, 2.05) is 0 Å². The van der Waals surface area contributed by atoms with E-state index in [-0.39, 0.29) is 0 Å². The first-order chi connectivity index (χ1) is 3.13. The van der Waals surface area contributed by atoms with Gasteiger partial charge in [-0.05, 0) is 24.2 Å². The van der Waals surface area contributed by atoms with Gasteiger partial charge in [0.05, 0.1) is 0 Å². The summed E-state index contributed by atoms with van der Waals surface area (Å²) in [5, 5.41) is 0. The molecular weight excluding hydrogens is 84.1 g/mol. The molecule has 1 saturated carbocycles. The summed E-state index contributed by atoms with van der Waals surface area (Å²) in [5.74, 6) is 0.979. The highest BCUT2D eigenvalue weighted by molar-refractivity contribution is 4.84. The third kappa shape index (κ3) is 0.667. The molecule has 1 aliphatic rings. The molecule has 0 spiro atoms. The van der Waals surface area contributed by atoms with Crippen LogP contribution in [0.1, 0.15) is 33.6 Å². The molecule has 0 saturated heterocycles. The molecule has 0 amide bonds. The summed E-state index contributed by atoms with van der Waals surface area (Å²) in [7, 11) is 0. The topological polar surface area (TPSA) is 0 Å². The Morgan fingerprint density at radius 3 is 1.86 bits per heavy atom. The van der Waals surface area contributed by atoms with E-state index >= 15 is 0 Å². The van der Waals surface area contributed by atoms with E-state index in [4.69, 9.17) is 0 Å². The Hall–Kier alpha value is 0. The van der Waals surface area contributed by atoms with Crippen molar-refractivity contribution < 1.29 is 0 Å². The monoisotopic (exact) mass is 98.1 g/mol. The molecule has 0 heterocycles. The molecule has 0 aromatic heterocycles. The second kappa shape index (κ2) is 1.24. The molecule has 0 N–H and O–H groups in total. The van der Waals surface area contributed by atoms with Crippen molar-refractivity contribution in [3.8, 4) is 0 Å². The summed E-state index contributed by atoms with van der Waals surface area (Å²) >= 11 is 0. The van der Waals surface area contributed by atoms with Crippen LogP contribution in [-0.4, -0.2) is 0 Å². The Labute approximate surface area is 45.9 Å². The molecule has 1 atom stereocenters. The first-order valence-corrected chi connectivity index (χ1v) is 3.13. The Morgan fingerprint density at radius 1 is 1.43 bits per heavy atom. The SMILES string of the molecule is C[C@H]1CCC1(C)C. The van der Waals surface area contributed by atoms with E-state index in [1.54, 1.807) is 0 Å². The van der Waals surface area contributed by atoms with Gasteiger partial charge in [-0.25, -0.2) is 0 Å². The third-order valence-corrected chi connectivity index (χ3v) is 2.56. The van der Waals surface area contributed by atoms with Crippen LogP contribution >= 0.6 is 0 Å². The minimum atomic E-state index is 0.681. The van der Waals surface area contributed by atoms with Crippen molar-refractivity contribution in [2.45, 2.75) is 33.6 Å². The van der Waals surface area contributed by atoms with Crippen LogP contribution in [0.15, 0.2) is 0 Å². The first-order valence-electron chi connectivity index (χ1n) is 3.13. The molecule has 1 rings (SSSR count). The number of hydrogen-bond donors (Lipinski definition) is 0. The summed E-state index contributed by atoms with van der Waals surface area (Å²) < 4.78 is 0. The highest BCUT2D eigenvalue weighted by Gasteiger charge is 2.34. The molecule has 0 unspecified atom stereocenters. The lowest BCUT2D eigenvalue weighted by atomic mass is 9.64. The molecule has 1 aliphatic carbocycles. The maximum absolute atomic E-state index is 2.35. The molecule has 0 aromatic carbocycles. The van der Waals surface area contributed by atoms with Crippen molar-refractivity contribution in [3.05, 3.63) is 0 Å². The Morgan fingerprint density at radius 2 is 1.86 bits per heavy atom. The second-order valence-corrected chi connectivity index (χ2v) is 3.43. The first kappa shape index (κ1) is 5.14. The van der Waals surface area contributed by atoms with Crippen LogP contribution < -0.4 is 0 Å². The zero-order valence-corrected chi connectivity index (χ0v) is 5.49. The normalized spacial score (nSPS) is 37.3. The Kier molecular flexibility index (Phi) is 0.911. The van der Waals surface area contributed by atoms with Crippen LogP contribution in [0.2, 0.25) is 0 Å². The van der Waals surface area contributed by atoms with Crippen molar-refractivity contribution in [2.75, 3.05) is 0 Å². The minimum Gasteiger partial charge on any atom is -0.0620 e. The van der Waals surface area contributed by atoms with Crippen LogP contribution in [0.5, 0.6) is 0 Å². The van der Waals surface area contributed by atoms with Gasteiger partial charge in [0.2, 0.25) is 0 Å². The molecule has 0 radical (unpaired) electrons. The smallest absolute Gasteiger partial charge is 0.0328 e. The van der Waals surface area contributed by atoms with E-state index in [0.717, 1.165) is 5.92 Å².